The zero-order valence-corrected chi connectivity index (χ0v) is 13.3. The van der Waals surface area contributed by atoms with E-state index < -0.39 is 0 Å². The van der Waals surface area contributed by atoms with Crippen molar-refractivity contribution in [3.05, 3.63) is 66.0 Å². The normalized spacial score (nSPS) is 12.1. The molecule has 1 atom stereocenters. The Balaban J connectivity index is 1.86. The second-order valence-electron chi connectivity index (χ2n) is 5.37. The van der Waals surface area contributed by atoms with Gasteiger partial charge in [-0.25, -0.2) is 4.98 Å². The molecule has 0 spiro atoms. The van der Waals surface area contributed by atoms with Crippen molar-refractivity contribution >= 4 is 5.91 Å². The van der Waals surface area contributed by atoms with Crippen LogP contribution in [0.1, 0.15) is 27.9 Å². The predicted molar refractivity (Wildman–Crippen MR) is 88.0 cm³/mol. The number of hydrogen-bond donors (Lipinski definition) is 2. The van der Waals surface area contributed by atoms with Gasteiger partial charge in [0.25, 0.3) is 5.91 Å². The van der Waals surface area contributed by atoms with Gasteiger partial charge in [0.15, 0.2) is 5.69 Å². The molecule has 3 N–H and O–H groups in total. The molecule has 0 radical (unpaired) electrons. The van der Waals surface area contributed by atoms with Gasteiger partial charge in [0, 0.05) is 26.0 Å². The van der Waals surface area contributed by atoms with Crippen LogP contribution in [0.4, 0.5) is 0 Å². The molecule has 8 heteroatoms. The van der Waals surface area contributed by atoms with E-state index in [0.717, 1.165) is 11.4 Å². The number of nitrogens with zero attached hydrogens (tertiary/aromatic N) is 5. The van der Waals surface area contributed by atoms with Crippen LogP contribution in [0.15, 0.2) is 48.9 Å². The second-order valence-corrected chi connectivity index (χ2v) is 5.37. The maximum atomic E-state index is 12.6. The third-order valence-electron chi connectivity index (χ3n) is 3.65. The molecule has 3 aromatic rings. The molecule has 24 heavy (non-hydrogen) atoms. The summed E-state index contributed by atoms with van der Waals surface area (Å²) in [5, 5.41) is 10.8. The van der Waals surface area contributed by atoms with E-state index >= 15 is 0 Å². The Morgan fingerprint density at radius 1 is 1.33 bits per heavy atom. The van der Waals surface area contributed by atoms with Crippen LogP contribution in [-0.4, -0.2) is 37.0 Å². The van der Waals surface area contributed by atoms with E-state index in [1.165, 1.54) is 0 Å². The number of aromatic nitrogens is 5. The molecule has 3 rings (SSSR count). The average Bonchev–Trinajstić information content (AvgIpc) is 3.23. The van der Waals surface area contributed by atoms with Crippen LogP contribution in [-0.2, 0) is 13.6 Å². The first-order valence-corrected chi connectivity index (χ1v) is 7.62. The summed E-state index contributed by atoms with van der Waals surface area (Å²) in [4.78, 5) is 16.9. The highest BCUT2D eigenvalue weighted by Crippen LogP contribution is 2.20. The Hall–Kier alpha value is -3.00. The van der Waals surface area contributed by atoms with Crippen molar-refractivity contribution < 1.29 is 4.79 Å². The number of imidazole rings is 1. The van der Waals surface area contributed by atoms with Gasteiger partial charge < -0.3 is 15.6 Å². The summed E-state index contributed by atoms with van der Waals surface area (Å²) >= 11 is 0. The van der Waals surface area contributed by atoms with Crippen LogP contribution >= 0.6 is 0 Å². The Labute approximate surface area is 139 Å². The lowest BCUT2D eigenvalue weighted by atomic mass is 10.1. The topological polar surface area (TPSA) is 104 Å². The predicted octanol–water partition coefficient (Wildman–Crippen LogP) is 0.490. The van der Waals surface area contributed by atoms with E-state index in [1.54, 1.807) is 17.1 Å². The second kappa shape index (κ2) is 7.05. The molecule has 0 aliphatic heterocycles. The summed E-state index contributed by atoms with van der Waals surface area (Å²) < 4.78 is 3.43. The van der Waals surface area contributed by atoms with Crippen LogP contribution in [0.5, 0.6) is 0 Å². The molecule has 0 bridgehead atoms. The van der Waals surface area contributed by atoms with Gasteiger partial charge in [0.05, 0.1) is 12.7 Å². The smallest absolute Gasteiger partial charge is 0.274 e. The Morgan fingerprint density at radius 2 is 2.12 bits per heavy atom. The van der Waals surface area contributed by atoms with Crippen molar-refractivity contribution in [1.29, 1.82) is 0 Å². The van der Waals surface area contributed by atoms with Gasteiger partial charge in [0.1, 0.15) is 11.9 Å². The first-order chi connectivity index (χ1) is 11.7. The maximum Gasteiger partial charge on any atom is 0.274 e. The van der Waals surface area contributed by atoms with Crippen LogP contribution in [0.2, 0.25) is 0 Å². The maximum absolute atomic E-state index is 12.6. The fourth-order valence-electron chi connectivity index (χ4n) is 2.45. The summed E-state index contributed by atoms with van der Waals surface area (Å²) in [5.74, 6) is 0.430. The molecular formula is C16H19N7O. The largest absolute Gasteiger partial charge is 0.337 e. The average molecular weight is 325 g/mol. The highest BCUT2D eigenvalue weighted by molar-refractivity contribution is 5.92. The molecular weight excluding hydrogens is 306 g/mol. The Morgan fingerprint density at radius 3 is 2.79 bits per heavy atom. The van der Waals surface area contributed by atoms with Crippen molar-refractivity contribution in [2.24, 2.45) is 12.8 Å². The number of nitrogens with one attached hydrogen (secondary N) is 1. The standard InChI is InChI=1S/C16H19N7O/c1-22-10-8-18-15(22)14(12-5-3-2-4-6-12)19-16(24)13-11-23(9-7-17)21-20-13/h2-6,8,10-11,14H,7,9,17H2,1H3,(H,19,24)/t14-/m1/s1. The summed E-state index contributed by atoms with van der Waals surface area (Å²) in [7, 11) is 1.89. The van der Waals surface area contributed by atoms with Crippen LogP contribution in [0.25, 0.3) is 0 Å². The van der Waals surface area contributed by atoms with E-state index in [4.69, 9.17) is 5.73 Å². The Kier molecular flexibility index (Phi) is 4.66. The van der Waals surface area contributed by atoms with Gasteiger partial charge in [0.2, 0.25) is 0 Å². The zero-order chi connectivity index (χ0) is 16.9. The molecule has 1 amide bonds. The number of carbonyl (C=O) groups is 1. The van der Waals surface area contributed by atoms with E-state index in [1.807, 2.05) is 48.1 Å². The minimum absolute atomic E-state index is 0.249. The molecule has 0 aliphatic carbocycles. The number of carbonyl (C=O) groups excluding carboxylic acids is 1. The SMILES string of the molecule is Cn1ccnc1[C@H](NC(=O)c1cn(CCN)nn1)c1ccccc1. The van der Waals surface area contributed by atoms with Crippen molar-refractivity contribution in [3.8, 4) is 0 Å². The quantitative estimate of drug-likeness (QED) is 0.686. The molecule has 1 aromatic carbocycles. The summed E-state index contributed by atoms with van der Waals surface area (Å²) in [6, 6.07) is 9.30. The van der Waals surface area contributed by atoms with Gasteiger partial charge in [-0.15, -0.1) is 5.10 Å². The monoisotopic (exact) mass is 325 g/mol. The van der Waals surface area contributed by atoms with Crippen LogP contribution in [0.3, 0.4) is 0 Å². The van der Waals surface area contributed by atoms with E-state index in [-0.39, 0.29) is 17.6 Å². The van der Waals surface area contributed by atoms with Crippen molar-refractivity contribution in [2.45, 2.75) is 12.6 Å². The first-order valence-electron chi connectivity index (χ1n) is 7.62. The molecule has 2 heterocycles. The van der Waals surface area contributed by atoms with Crippen molar-refractivity contribution in [3.63, 3.8) is 0 Å². The van der Waals surface area contributed by atoms with Crippen molar-refractivity contribution in [1.82, 2.24) is 29.9 Å². The number of nitrogens with two attached hydrogens (primary N) is 1. The summed E-state index contributed by atoms with van der Waals surface area (Å²) in [5.41, 5.74) is 6.67. The molecule has 0 unspecified atom stereocenters. The lowest BCUT2D eigenvalue weighted by Crippen LogP contribution is -2.31. The minimum atomic E-state index is -0.377. The molecule has 0 saturated heterocycles. The Bertz CT molecular complexity index is 809. The fourth-order valence-corrected chi connectivity index (χ4v) is 2.45. The fraction of sp³-hybridized carbons (Fsp3) is 0.250. The van der Waals surface area contributed by atoms with Gasteiger partial charge in [-0.05, 0) is 5.56 Å². The van der Waals surface area contributed by atoms with Gasteiger partial charge in [-0.1, -0.05) is 35.5 Å². The van der Waals surface area contributed by atoms with E-state index in [9.17, 15) is 4.79 Å². The number of aryl methyl sites for hydroxylation is 1. The van der Waals surface area contributed by atoms with Gasteiger partial charge in [-0.2, -0.15) is 0 Å². The van der Waals surface area contributed by atoms with Gasteiger partial charge in [-0.3, -0.25) is 9.48 Å². The minimum Gasteiger partial charge on any atom is -0.337 e. The molecule has 0 aliphatic rings. The molecule has 8 nitrogen and oxygen atoms in total. The third-order valence-corrected chi connectivity index (χ3v) is 3.65. The number of rotatable bonds is 6. The molecule has 0 fully saturated rings. The molecule has 124 valence electrons. The molecule has 0 saturated carbocycles. The lowest BCUT2D eigenvalue weighted by molar-refractivity contribution is 0.0936. The zero-order valence-electron chi connectivity index (χ0n) is 13.3. The summed E-state index contributed by atoms with van der Waals surface area (Å²) in [6.45, 7) is 0.950. The lowest BCUT2D eigenvalue weighted by Gasteiger charge is -2.18. The van der Waals surface area contributed by atoms with Crippen molar-refractivity contribution in [2.75, 3.05) is 6.54 Å². The highest BCUT2D eigenvalue weighted by Gasteiger charge is 2.22. The number of benzene rings is 1. The number of amides is 1. The molecule has 2 aromatic heterocycles. The van der Waals surface area contributed by atoms with Gasteiger partial charge >= 0.3 is 0 Å². The van der Waals surface area contributed by atoms with Crippen LogP contribution < -0.4 is 11.1 Å². The summed E-state index contributed by atoms with van der Waals surface area (Å²) in [6.07, 6.45) is 5.13. The highest BCUT2D eigenvalue weighted by atomic mass is 16.2. The van der Waals surface area contributed by atoms with Crippen LogP contribution in [0, 0.1) is 0 Å². The number of hydrogen-bond acceptors (Lipinski definition) is 5. The van der Waals surface area contributed by atoms with E-state index in [0.29, 0.717) is 13.1 Å². The first kappa shape index (κ1) is 15.9. The third kappa shape index (κ3) is 3.33. The van der Waals surface area contributed by atoms with E-state index in [2.05, 4.69) is 20.6 Å².